The van der Waals surface area contributed by atoms with E-state index in [2.05, 4.69) is 16.3 Å². The number of rotatable bonds is 7. The average molecular weight is 621 g/mol. The summed E-state index contributed by atoms with van der Waals surface area (Å²) in [4.78, 5) is 41.5. The predicted octanol–water partition coefficient (Wildman–Crippen LogP) is 4.65. The molecule has 0 aromatic heterocycles. The summed E-state index contributed by atoms with van der Waals surface area (Å²) in [5, 5.41) is 15.0. The summed E-state index contributed by atoms with van der Waals surface area (Å²) in [7, 11) is 3.69. The van der Waals surface area contributed by atoms with Gasteiger partial charge in [-0.05, 0) is 89.9 Å². The fourth-order valence-electron chi connectivity index (χ4n) is 7.32. The third kappa shape index (κ3) is 6.05. The highest BCUT2D eigenvalue weighted by atomic mass is 16.7. The Labute approximate surface area is 264 Å². The van der Waals surface area contributed by atoms with E-state index in [9.17, 15) is 19.5 Å². The second-order valence-corrected chi connectivity index (χ2v) is 13.5. The monoisotopic (exact) mass is 620 g/mol. The number of amides is 1. The number of carbonyl (C=O) groups is 3. The molecule has 5 rings (SSSR count). The predicted molar refractivity (Wildman–Crippen MR) is 167 cm³/mol. The number of nitrogens with zero attached hydrogens (tertiary/aromatic N) is 1. The fourth-order valence-corrected chi connectivity index (χ4v) is 7.32. The van der Waals surface area contributed by atoms with E-state index >= 15 is 0 Å². The molecule has 2 aromatic rings. The maximum absolute atomic E-state index is 13.4. The maximum atomic E-state index is 13.4. The molecule has 1 aliphatic heterocycles. The highest BCUT2D eigenvalue weighted by molar-refractivity contribution is 5.88. The Morgan fingerprint density at radius 3 is 2.49 bits per heavy atom. The van der Waals surface area contributed by atoms with Gasteiger partial charge in [-0.25, -0.2) is 9.59 Å². The number of ether oxygens (including phenoxy) is 4. The maximum Gasteiger partial charge on any atom is 0.509 e. The first-order chi connectivity index (χ1) is 21.2. The van der Waals surface area contributed by atoms with Gasteiger partial charge in [0.1, 0.15) is 23.2 Å². The van der Waals surface area contributed by atoms with E-state index in [-0.39, 0.29) is 6.04 Å². The minimum absolute atomic E-state index is 0.0850. The third-order valence-corrected chi connectivity index (χ3v) is 9.42. The Morgan fingerprint density at radius 2 is 1.82 bits per heavy atom. The molecule has 0 radical (unpaired) electrons. The van der Waals surface area contributed by atoms with Gasteiger partial charge in [0.2, 0.25) is 6.10 Å². The number of nitrogens with one attached hydrogen (secondary N) is 1. The Morgan fingerprint density at radius 1 is 1.11 bits per heavy atom. The highest BCUT2D eigenvalue weighted by Crippen LogP contribution is 2.59. The van der Waals surface area contributed by atoms with E-state index in [1.54, 1.807) is 64.3 Å². The number of carbonyl (C=O) groups excluding carboxylic acids is 3. The molecule has 1 fully saturated rings. The summed E-state index contributed by atoms with van der Waals surface area (Å²) in [5.74, 6) is -0.143. The minimum atomic E-state index is -1.34. The van der Waals surface area contributed by atoms with Crippen molar-refractivity contribution < 1.29 is 38.4 Å². The van der Waals surface area contributed by atoms with Crippen molar-refractivity contribution in [2.45, 2.75) is 95.1 Å². The van der Waals surface area contributed by atoms with Crippen LogP contribution in [0.5, 0.6) is 5.75 Å². The smallest absolute Gasteiger partial charge is 0.496 e. The van der Waals surface area contributed by atoms with Gasteiger partial charge < -0.3 is 34.3 Å². The molecule has 2 aliphatic carbocycles. The first-order valence-corrected chi connectivity index (χ1v) is 15.4. The van der Waals surface area contributed by atoms with Crippen LogP contribution >= 0.6 is 0 Å². The van der Waals surface area contributed by atoms with Crippen molar-refractivity contribution in [3.63, 3.8) is 0 Å². The van der Waals surface area contributed by atoms with Crippen molar-refractivity contribution >= 4 is 18.0 Å². The largest absolute Gasteiger partial charge is 0.509 e. The van der Waals surface area contributed by atoms with Gasteiger partial charge in [-0.2, -0.15) is 0 Å². The van der Waals surface area contributed by atoms with Crippen LogP contribution in [0.1, 0.15) is 75.3 Å². The molecule has 1 saturated heterocycles. The zero-order chi connectivity index (χ0) is 32.7. The number of likely N-dealkylation sites (tertiary alicyclic amines) is 1. The van der Waals surface area contributed by atoms with Gasteiger partial charge in [-0.1, -0.05) is 36.4 Å². The van der Waals surface area contributed by atoms with Gasteiger partial charge >= 0.3 is 12.1 Å². The van der Waals surface area contributed by atoms with Gasteiger partial charge in [0.05, 0.1) is 12.7 Å². The molecule has 0 unspecified atom stereocenters. The van der Waals surface area contributed by atoms with Crippen molar-refractivity contribution in [2.75, 3.05) is 20.7 Å². The normalized spacial score (nSPS) is 25.4. The lowest BCUT2D eigenvalue weighted by Crippen LogP contribution is -2.71. The molecular weight excluding hydrogens is 576 g/mol. The topological polar surface area (TPSA) is 124 Å². The van der Waals surface area contributed by atoms with Crippen LogP contribution in [0.2, 0.25) is 0 Å². The first-order valence-electron chi connectivity index (χ1n) is 15.4. The third-order valence-electron chi connectivity index (χ3n) is 9.42. The van der Waals surface area contributed by atoms with E-state index in [0.29, 0.717) is 30.6 Å². The number of likely N-dealkylation sites (N-methyl/N-ethyl adjacent to an activating group) is 1. The zero-order valence-corrected chi connectivity index (χ0v) is 27.1. The number of allylic oxidation sites excluding steroid dienone is 1. The summed E-state index contributed by atoms with van der Waals surface area (Å²) < 4.78 is 22.3. The zero-order valence-electron chi connectivity index (χ0n) is 27.1. The second kappa shape index (κ2) is 12.1. The first kappa shape index (κ1) is 32.5. The molecule has 1 amide bonds. The minimum Gasteiger partial charge on any atom is -0.496 e. The van der Waals surface area contributed by atoms with E-state index in [1.165, 1.54) is 12.5 Å². The quantitative estimate of drug-likeness (QED) is 0.426. The molecular formula is C35H44N2O8. The number of esters is 1. The van der Waals surface area contributed by atoms with E-state index < -0.39 is 46.8 Å². The second-order valence-electron chi connectivity index (χ2n) is 13.5. The van der Waals surface area contributed by atoms with Crippen LogP contribution in [-0.4, -0.2) is 72.0 Å². The van der Waals surface area contributed by atoms with Crippen LogP contribution in [0.3, 0.4) is 0 Å². The van der Waals surface area contributed by atoms with Crippen LogP contribution in [0.15, 0.2) is 54.3 Å². The SMILES string of the molecule is COc1ccc2c(c1C)[C@]13CCN(C)[C@H](C2)[C@]1(O)CC=C(OC(=O)[C@H](C)NC(=O)[C@@H](OC(=O)OC(C)(C)C)c1ccccc1)C3. The molecule has 10 heteroatoms. The van der Waals surface area contributed by atoms with Crippen molar-refractivity contribution in [1.82, 2.24) is 10.2 Å². The Hall–Kier alpha value is -3.89. The molecule has 3 aliphatic rings. The number of fused-ring (bicyclic) bond motifs is 1. The molecule has 1 heterocycles. The number of piperidine rings is 1. The average Bonchev–Trinajstić information content (AvgIpc) is 2.97. The summed E-state index contributed by atoms with van der Waals surface area (Å²) in [5.41, 5.74) is 1.10. The number of methoxy groups -OCH3 is 1. The van der Waals surface area contributed by atoms with E-state index in [4.69, 9.17) is 18.9 Å². The van der Waals surface area contributed by atoms with Crippen molar-refractivity contribution in [3.8, 4) is 5.75 Å². The van der Waals surface area contributed by atoms with Crippen LogP contribution in [-0.2, 0) is 35.6 Å². The van der Waals surface area contributed by atoms with Gasteiger partial charge in [-0.3, -0.25) is 4.79 Å². The lowest BCUT2D eigenvalue weighted by Gasteiger charge is -2.62. The molecule has 0 spiro atoms. The summed E-state index contributed by atoms with van der Waals surface area (Å²) >= 11 is 0. The van der Waals surface area contributed by atoms with Crippen molar-refractivity contribution in [1.29, 1.82) is 0 Å². The van der Waals surface area contributed by atoms with Gasteiger partial charge in [-0.15, -0.1) is 0 Å². The molecule has 2 aromatic carbocycles. The molecule has 5 atom stereocenters. The van der Waals surface area contributed by atoms with Crippen LogP contribution in [0, 0.1) is 6.92 Å². The lowest BCUT2D eigenvalue weighted by atomic mass is 9.50. The van der Waals surface area contributed by atoms with Crippen LogP contribution < -0.4 is 10.1 Å². The van der Waals surface area contributed by atoms with Gasteiger partial charge in [0.25, 0.3) is 5.91 Å². The van der Waals surface area contributed by atoms with Crippen molar-refractivity contribution in [2.24, 2.45) is 0 Å². The molecule has 10 nitrogen and oxygen atoms in total. The number of hydrogen-bond donors (Lipinski definition) is 2. The van der Waals surface area contributed by atoms with Crippen LogP contribution in [0.4, 0.5) is 4.79 Å². The Balaban J connectivity index is 1.35. The Kier molecular flexibility index (Phi) is 8.76. The van der Waals surface area contributed by atoms with Crippen molar-refractivity contribution in [3.05, 3.63) is 76.6 Å². The Bertz CT molecular complexity index is 1500. The summed E-state index contributed by atoms with van der Waals surface area (Å²) in [6, 6.07) is 11.4. The molecule has 45 heavy (non-hydrogen) atoms. The summed E-state index contributed by atoms with van der Waals surface area (Å²) in [6.45, 7) is 9.41. The van der Waals surface area contributed by atoms with Gasteiger partial charge in [0.15, 0.2) is 0 Å². The molecule has 0 saturated carbocycles. The number of benzene rings is 2. The summed E-state index contributed by atoms with van der Waals surface area (Å²) in [6.07, 6.45) is 1.50. The van der Waals surface area contributed by atoms with E-state index in [1.807, 2.05) is 20.0 Å². The molecule has 242 valence electrons. The molecule has 2 N–H and O–H groups in total. The lowest BCUT2D eigenvalue weighted by molar-refractivity contribution is -0.156. The highest BCUT2D eigenvalue weighted by Gasteiger charge is 2.64. The standard InChI is InChI=1S/C35H44N2O8/c1-21-26(42-7)14-13-24-19-27-35(41)16-15-25(20-34(35,28(21)24)17-18-37(27)6)43-31(39)22(2)36-30(38)29(23-11-9-8-10-12-23)44-32(40)45-33(3,4)5/h8-15,22,27,29,41H,16-20H2,1-7H3,(H,36,38)/t22-,27+,29-,34+,35+/m0/s1. The fraction of sp³-hybridized carbons (Fsp3) is 0.514. The molecule has 2 bridgehead atoms. The van der Waals surface area contributed by atoms with E-state index in [0.717, 1.165) is 29.8 Å². The number of hydrogen-bond acceptors (Lipinski definition) is 9. The van der Waals surface area contributed by atoms with Gasteiger partial charge in [0, 0.05) is 29.9 Å². The van der Waals surface area contributed by atoms with Crippen LogP contribution in [0.25, 0.3) is 0 Å². The number of aliphatic hydroxyl groups is 1.